The van der Waals surface area contributed by atoms with Crippen molar-refractivity contribution in [1.29, 1.82) is 0 Å². The van der Waals surface area contributed by atoms with Gasteiger partial charge in [-0.2, -0.15) is 5.10 Å². The van der Waals surface area contributed by atoms with Crippen LogP contribution in [-0.2, 0) is 9.59 Å². The molecule has 3 aromatic rings. The Balaban J connectivity index is 1.62. The highest BCUT2D eigenvalue weighted by molar-refractivity contribution is 6.39. The van der Waals surface area contributed by atoms with Gasteiger partial charge in [-0.3, -0.25) is 9.59 Å². The number of hydrogen-bond acceptors (Lipinski definition) is 7. The van der Waals surface area contributed by atoms with Crippen LogP contribution < -0.4 is 25.0 Å². The van der Waals surface area contributed by atoms with E-state index in [1.807, 2.05) is 19.9 Å². The SMILES string of the molecule is COc1cccc(C(=O)Oc2ccc(/C=N/NC(=O)C(=O)Nc3cc(C)cc(C)c3)cc2OC)c1. The van der Waals surface area contributed by atoms with Crippen LogP contribution in [0, 0.1) is 13.8 Å². The first kappa shape index (κ1) is 25.0. The average molecular weight is 476 g/mol. The summed E-state index contributed by atoms with van der Waals surface area (Å²) in [7, 11) is 2.94. The van der Waals surface area contributed by atoms with Crippen LogP contribution in [0.1, 0.15) is 27.0 Å². The third-order valence-corrected chi connectivity index (χ3v) is 4.76. The molecule has 2 amide bonds. The van der Waals surface area contributed by atoms with Gasteiger partial charge in [0.1, 0.15) is 5.75 Å². The lowest BCUT2D eigenvalue weighted by Crippen LogP contribution is -2.32. The molecule has 3 aromatic carbocycles. The highest BCUT2D eigenvalue weighted by Crippen LogP contribution is 2.28. The van der Waals surface area contributed by atoms with Crippen LogP contribution in [0.25, 0.3) is 0 Å². The Bertz CT molecular complexity index is 1270. The van der Waals surface area contributed by atoms with Gasteiger partial charge in [-0.1, -0.05) is 12.1 Å². The Kier molecular flexibility index (Phi) is 8.18. The van der Waals surface area contributed by atoms with Gasteiger partial charge in [0.05, 0.1) is 26.0 Å². The summed E-state index contributed by atoms with van der Waals surface area (Å²) in [5.74, 6) is -1.33. The second-order valence-electron chi connectivity index (χ2n) is 7.56. The van der Waals surface area contributed by atoms with E-state index in [1.54, 1.807) is 48.5 Å². The summed E-state index contributed by atoms with van der Waals surface area (Å²) in [6.45, 7) is 3.79. The number of methoxy groups -OCH3 is 2. The first-order valence-corrected chi connectivity index (χ1v) is 10.6. The van der Waals surface area contributed by atoms with Crippen LogP contribution >= 0.6 is 0 Å². The Hall–Kier alpha value is -4.66. The molecule has 35 heavy (non-hydrogen) atoms. The van der Waals surface area contributed by atoms with Crippen LogP contribution in [0.5, 0.6) is 17.2 Å². The van der Waals surface area contributed by atoms with E-state index in [0.717, 1.165) is 11.1 Å². The molecular formula is C26H25N3O6. The predicted molar refractivity (Wildman–Crippen MR) is 131 cm³/mol. The molecule has 0 heterocycles. The first-order chi connectivity index (χ1) is 16.8. The van der Waals surface area contributed by atoms with Crippen molar-refractivity contribution in [3.8, 4) is 17.2 Å². The number of nitrogens with zero attached hydrogens (tertiary/aromatic N) is 1. The zero-order chi connectivity index (χ0) is 25.4. The molecule has 0 unspecified atom stereocenters. The fourth-order valence-electron chi connectivity index (χ4n) is 3.21. The molecule has 3 rings (SSSR count). The normalized spacial score (nSPS) is 10.5. The number of benzene rings is 3. The molecule has 0 spiro atoms. The zero-order valence-electron chi connectivity index (χ0n) is 19.7. The zero-order valence-corrected chi connectivity index (χ0v) is 19.7. The van der Waals surface area contributed by atoms with Crippen molar-refractivity contribution < 1.29 is 28.6 Å². The van der Waals surface area contributed by atoms with Crippen LogP contribution in [0.4, 0.5) is 5.69 Å². The molecule has 180 valence electrons. The Labute approximate surface area is 202 Å². The largest absolute Gasteiger partial charge is 0.497 e. The molecule has 2 N–H and O–H groups in total. The van der Waals surface area contributed by atoms with Gasteiger partial charge in [-0.05, 0) is 79.1 Å². The maximum atomic E-state index is 12.5. The third kappa shape index (κ3) is 6.91. The molecule has 0 saturated carbocycles. The number of ether oxygens (including phenoxy) is 3. The molecule has 9 heteroatoms. The van der Waals surface area contributed by atoms with E-state index in [1.165, 1.54) is 26.5 Å². The number of hydrogen-bond donors (Lipinski definition) is 2. The highest BCUT2D eigenvalue weighted by Gasteiger charge is 2.15. The number of anilines is 1. The molecule has 0 bridgehead atoms. The second-order valence-corrected chi connectivity index (χ2v) is 7.56. The van der Waals surface area contributed by atoms with Gasteiger partial charge in [0, 0.05) is 5.69 Å². The standard InChI is InChI=1S/C26H25N3O6/c1-16-10-17(2)12-20(11-16)28-24(30)25(31)29-27-15-18-8-9-22(23(13-18)34-4)35-26(32)19-6-5-7-21(14-19)33-3/h5-15H,1-4H3,(H,28,30)(H,29,31)/b27-15+. The van der Waals surface area contributed by atoms with Crippen LogP contribution in [0.3, 0.4) is 0 Å². The molecule has 0 radical (unpaired) electrons. The van der Waals surface area contributed by atoms with Gasteiger partial charge in [0.15, 0.2) is 11.5 Å². The van der Waals surface area contributed by atoms with E-state index in [4.69, 9.17) is 14.2 Å². The molecular weight excluding hydrogens is 450 g/mol. The topological polar surface area (TPSA) is 115 Å². The molecule has 0 atom stereocenters. The van der Waals surface area contributed by atoms with Gasteiger partial charge >= 0.3 is 17.8 Å². The van der Waals surface area contributed by atoms with Gasteiger partial charge in [0.25, 0.3) is 0 Å². The molecule has 0 aliphatic rings. The lowest BCUT2D eigenvalue weighted by atomic mass is 10.1. The number of amides is 2. The van der Waals surface area contributed by atoms with E-state index < -0.39 is 17.8 Å². The fraction of sp³-hybridized carbons (Fsp3) is 0.154. The fourth-order valence-corrected chi connectivity index (χ4v) is 3.21. The monoisotopic (exact) mass is 475 g/mol. The Morgan fingerprint density at radius 3 is 2.26 bits per heavy atom. The number of aryl methyl sites for hydroxylation is 2. The summed E-state index contributed by atoms with van der Waals surface area (Å²) in [4.78, 5) is 36.6. The number of nitrogens with one attached hydrogen (secondary N) is 2. The molecule has 0 saturated heterocycles. The maximum absolute atomic E-state index is 12.5. The van der Waals surface area contributed by atoms with E-state index in [-0.39, 0.29) is 11.5 Å². The Morgan fingerprint density at radius 1 is 0.829 bits per heavy atom. The van der Waals surface area contributed by atoms with E-state index in [2.05, 4.69) is 15.8 Å². The third-order valence-electron chi connectivity index (χ3n) is 4.76. The van der Waals surface area contributed by atoms with Crippen LogP contribution in [0.15, 0.2) is 65.8 Å². The summed E-state index contributed by atoms with van der Waals surface area (Å²) in [6, 6.07) is 16.8. The van der Waals surface area contributed by atoms with E-state index in [0.29, 0.717) is 22.6 Å². The number of carbonyl (C=O) groups excluding carboxylic acids is 3. The Morgan fingerprint density at radius 2 is 1.57 bits per heavy atom. The average Bonchev–Trinajstić information content (AvgIpc) is 2.84. The van der Waals surface area contributed by atoms with Crippen molar-refractivity contribution in [2.75, 3.05) is 19.5 Å². The van der Waals surface area contributed by atoms with Gasteiger partial charge in [-0.25, -0.2) is 10.2 Å². The van der Waals surface area contributed by atoms with Crippen LogP contribution in [-0.4, -0.2) is 38.2 Å². The summed E-state index contributed by atoms with van der Waals surface area (Å²) in [5, 5.41) is 6.34. The molecule has 9 nitrogen and oxygen atoms in total. The van der Waals surface area contributed by atoms with Gasteiger partial charge in [0.2, 0.25) is 0 Å². The number of carbonyl (C=O) groups is 3. The molecule has 0 aromatic heterocycles. The number of rotatable bonds is 7. The molecule has 0 aliphatic heterocycles. The lowest BCUT2D eigenvalue weighted by molar-refractivity contribution is -0.136. The molecule has 0 aliphatic carbocycles. The van der Waals surface area contributed by atoms with Crippen molar-refractivity contribution in [2.24, 2.45) is 5.10 Å². The second kappa shape index (κ2) is 11.5. The minimum Gasteiger partial charge on any atom is -0.497 e. The summed E-state index contributed by atoms with van der Waals surface area (Å²) in [6.07, 6.45) is 1.33. The first-order valence-electron chi connectivity index (χ1n) is 10.6. The number of hydrazone groups is 1. The highest BCUT2D eigenvalue weighted by atomic mass is 16.6. The van der Waals surface area contributed by atoms with Crippen molar-refractivity contribution in [1.82, 2.24) is 5.43 Å². The van der Waals surface area contributed by atoms with Crippen molar-refractivity contribution in [2.45, 2.75) is 13.8 Å². The van der Waals surface area contributed by atoms with Gasteiger partial charge < -0.3 is 19.5 Å². The van der Waals surface area contributed by atoms with E-state index >= 15 is 0 Å². The van der Waals surface area contributed by atoms with Crippen molar-refractivity contribution in [3.05, 3.63) is 82.9 Å². The summed E-state index contributed by atoms with van der Waals surface area (Å²) in [5.41, 5.74) is 5.49. The van der Waals surface area contributed by atoms with Crippen LogP contribution in [0.2, 0.25) is 0 Å². The summed E-state index contributed by atoms with van der Waals surface area (Å²) >= 11 is 0. The lowest BCUT2D eigenvalue weighted by Gasteiger charge is -2.10. The maximum Gasteiger partial charge on any atom is 0.343 e. The summed E-state index contributed by atoms with van der Waals surface area (Å²) < 4.78 is 15.9. The predicted octanol–water partition coefficient (Wildman–Crippen LogP) is 3.63. The molecule has 0 fully saturated rings. The smallest absolute Gasteiger partial charge is 0.343 e. The van der Waals surface area contributed by atoms with E-state index in [9.17, 15) is 14.4 Å². The van der Waals surface area contributed by atoms with Gasteiger partial charge in [-0.15, -0.1) is 0 Å². The quantitative estimate of drug-likeness (QED) is 0.177. The minimum absolute atomic E-state index is 0.203. The van der Waals surface area contributed by atoms with Crippen molar-refractivity contribution >= 4 is 29.7 Å². The minimum atomic E-state index is -0.920. The number of esters is 1. The van der Waals surface area contributed by atoms with Crippen molar-refractivity contribution in [3.63, 3.8) is 0 Å².